The maximum absolute atomic E-state index is 12.0. The van der Waals surface area contributed by atoms with E-state index in [4.69, 9.17) is 0 Å². The number of benzene rings is 1. The lowest BCUT2D eigenvalue weighted by atomic mass is 9.98. The molecule has 4 heteroatoms. The predicted molar refractivity (Wildman–Crippen MR) is 75.6 cm³/mol. The quantitative estimate of drug-likeness (QED) is 0.845. The van der Waals surface area contributed by atoms with E-state index < -0.39 is 0 Å². The summed E-state index contributed by atoms with van der Waals surface area (Å²) in [6.07, 6.45) is 3.92. The zero-order valence-corrected chi connectivity index (χ0v) is 11.5. The SMILES string of the molecule is CNC(=O)C1CCCCN1c1ccc(C=O)cc1C. The van der Waals surface area contributed by atoms with Crippen LogP contribution in [-0.4, -0.2) is 31.8 Å². The van der Waals surface area contributed by atoms with E-state index in [-0.39, 0.29) is 11.9 Å². The first-order valence-electron chi connectivity index (χ1n) is 6.71. The molecule has 0 spiro atoms. The summed E-state index contributed by atoms with van der Waals surface area (Å²) in [4.78, 5) is 24.9. The van der Waals surface area contributed by atoms with Crippen molar-refractivity contribution in [3.05, 3.63) is 29.3 Å². The van der Waals surface area contributed by atoms with Gasteiger partial charge in [-0.25, -0.2) is 0 Å². The molecule has 1 aliphatic rings. The first kappa shape index (κ1) is 13.6. The van der Waals surface area contributed by atoms with Crippen molar-refractivity contribution in [3.63, 3.8) is 0 Å². The minimum absolute atomic E-state index is 0.0681. The maximum atomic E-state index is 12.0. The number of nitrogens with one attached hydrogen (secondary N) is 1. The normalized spacial score (nSPS) is 19.1. The van der Waals surface area contributed by atoms with Gasteiger partial charge in [0.25, 0.3) is 0 Å². The van der Waals surface area contributed by atoms with Crippen LogP contribution in [0, 0.1) is 6.92 Å². The number of nitrogens with zero attached hydrogens (tertiary/aromatic N) is 1. The predicted octanol–water partition coefficient (Wildman–Crippen LogP) is 1.91. The molecular formula is C15H20N2O2. The number of carbonyl (C=O) groups excluding carboxylic acids is 2. The van der Waals surface area contributed by atoms with Gasteiger partial charge in [-0.3, -0.25) is 9.59 Å². The Balaban J connectivity index is 2.32. The Labute approximate surface area is 113 Å². The number of aryl methyl sites for hydroxylation is 1. The summed E-state index contributed by atoms with van der Waals surface area (Å²) in [6, 6.07) is 5.53. The minimum atomic E-state index is -0.0977. The van der Waals surface area contributed by atoms with Crippen molar-refractivity contribution in [2.24, 2.45) is 0 Å². The van der Waals surface area contributed by atoms with Crippen molar-refractivity contribution < 1.29 is 9.59 Å². The van der Waals surface area contributed by atoms with Crippen molar-refractivity contribution in [2.75, 3.05) is 18.5 Å². The lowest BCUT2D eigenvalue weighted by molar-refractivity contribution is -0.122. The van der Waals surface area contributed by atoms with Crippen LogP contribution in [0.15, 0.2) is 18.2 Å². The maximum Gasteiger partial charge on any atom is 0.242 e. The van der Waals surface area contributed by atoms with Crippen molar-refractivity contribution in [3.8, 4) is 0 Å². The van der Waals surface area contributed by atoms with Gasteiger partial charge in [-0.2, -0.15) is 0 Å². The van der Waals surface area contributed by atoms with E-state index in [1.165, 1.54) is 0 Å². The Morgan fingerprint density at radius 3 is 2.84 bits per heavy atom. The Kier molecular flexibility index (Phi) is 4.20. The molecule has 1 N–H and O–H groups in total. The Hall–Kier alpha value is -1.84. The van der Waals surface area contributed by atoms with Crippen molar-refractivity contribution in [2.45, 2.75) is 32.2 Å². The molecule has 1 aromatic rings. The van der Waals surface area contributed by atoms with Crippen LogP contribution < -0.4 is 10.2 Å². The molecule has 1 amide bonds. The first-order chi connectivity index (χ1) is 9.17. The van der Waals surface area contributed by atoms with Gasteiger partial charge in [0.15, 0.2) is 0 Å². The summed E-state index contributed by atoms with van der Waals surface area (Å²) in [5.74, 6) is 0.0681. The van der Waals surface area contributed by atoms with Gasteiger partial charge in [-0.15, -0.1) is 0 Å². The van der Waals surface area contributed by atoms with E-state index >= 15 is 0 Å². The highest BCUT2D eigenvalue weighted by atomic mass is 16.2. The largest absolute Gasteiger partial charge is 0.359 e. The number of hydrogen-bond donors (Lipinski definition) is 1. The average molecular weight is 260 g/mol. The van der Waals surface area contributed by atoms with E-state index in [2.05, 4.69) is 10.2 Å². The van der Waals surface area contributed by atoms with Crippen molar-refractivity contribution in [1.82, 2.24) is 5.32 Å². The number of hydrogen-bond acceptors (Lipinski definition) is 3. The molecule has 4 nitrogen and oxygen atoms in total. The van der Waals surface area contributed by atoms with Crippen LogP contribution >= 0.6 is 0 Å². The molecule has 2 rings (SSSR count). The van der Waals surface area contributed by atoms with Gasteiger partial charge in [0.1, 0.15) is 12.3 Å². The zero-order valence-electron chi connectivity index (χ0n) is 11.5. The van der Waals surface area contributed by atoms with Crippen LogP contribution in [0.1, 0.15) is 35.2 Å². The summed E-state index contributed by atoms with van der Waals surface area (Å²) in [5.41, 5.74) is 2.77. The fraction of sp³-hybridized carbons (Fsp3) is 0.467. The Morgan fingerprint density at radius 2 is 2.21 bits per heavy atom. The molecule has 1 saturated heterocycles. The van der Waals surface area contributed by atoms with Crippen LogP contribution in [0.5, 0.6) is 0 Å². The van der Waals surface area contributed by atoms with Gasteiger partial charge < -0.3 is 10.2 Å². The molecule has 0 radical (unpaired) electrons. The lowest BCUT2D eigenvalue weighted by Crippen LogP contribution is -2.49. The van der Waals surface area contributed by atoms with E-state index in [1.54, 1.807) is 7.05 Å². The molecule has 1 atom stereocenters. The summed E-state index contributed by atoms with van der Waals surface area (Å²) in [5, 5.41) is 2.74. The van der Waals surface area contributed by atoms with E-state index in [0.717, 1.165) is 43.3 Å². The van der Waals surface area contributed by atoms with Crippen LogP contribution in [0.25, 0.3) is 0 Å². The molecule has 1 aliphatic heterocycles. The highest BCUT2D eigenvalue weighted by Gasteiger charge is 2.28. The molecular weight excluding hydrogens is 240 g/mol. The van der Waals surface area contributed by atoms with Crippen LogP contribution in [0.4, 0.5) is 5.69 Å². The second-order valence-electron chi connectivity index (χ2n) is 4.98. The number of anilines is 1. The minimum Gasteiger partial charge on any atom is -0.359 e. The van der Waals surface area contributed by atoms with Gasteiger partial charge in [0.2, 0.25) is 5.91 Å². The smallest absolute Gasteiger partial charge is 0.242 e. The van der Waals surface area contributed by atoms with Gasteiger partial charge in [0, 0.05) is 24.8 Å². The number of rotatable bonds is 3. The summed E-state index contributed by atoms with van der Waals surface area (Å²) in [6.45, 7) is 2.87. The van der Waals surface area contributed by atoms with Crippen LogP contribution in [0.2, 0.25) is 0 Å². The second kappa shape index (κ2) is 5.87. The number of piperidine rings is 1. The molecule has 1 heterocycles. The van der Waals surface area contributed by atoms with Crippen molar-refractivity contribution in [1.29, 1.82) is 0 Å². The van der Waals surface area contributed by atoms with E-state index in [0.29, 0.717) is 5.56 Å². The van der Waals surface area contributed by atoms with E-state index in [9.17, 15) is 9.59 Å². The number of amides is 1. The lowest BCUT2D eigenvalue weighted by Gasteiger charge is -2.37. The average Bonchev–Trinajstić information content (AvgIpc) is 2.46. The van der Waals surface area contributed by atoms with E-state index in [1.807, 2.05) is 25.1 Å². The van der Waals surface area contributed by atoms with Crippen LogP contribution in [0.3, 0.4) is 0 Å². The molecule has 1 aromatic carbocycles. The highest BCUT2D eigenvalue weighted by Crippen LogP contribution is 2.28. The summed E-state index contributed by atoms with van der Waals surface area (Å²) in [7, 11) is 1.68. The fourth-order valence-corrected chi connectivity index (χ4v) is 2.73. The first-order valence-corrected chi connectivity index (χ1v) is 6.71. The monoisotopic (exact) mass is 260 g/mol. The van der Waals surface area contributed by atoms with Crippen LogP contribution in [-0.2, 0) is 4.79 Å². The highest BCUT2D eigenvalue weighted by molar-refractivity contribution is 5.86. The number of aldehydes is 1. The van der Waals surface area contributed by atoms with Gasteiger partial charge in [0.05, 0.1) is 0 Å². The van der Waals surface area contributed by atoms with Gasteiger partial charge in [-0.1, -0.05) is 0 Å². The topological polar surface area (TPSA) is 49.4 Å². The molecule has 0 aromatic heterocycles. The van der Waals surface area contributed by atoms with Crippen molar-refractivity contribution >= 4 is 17.9 Å². The molecule has 0 aliphatic carbocycles. The van der Waals surface area contributed by atoms with Gasteiger partial charge >= 0.3 is 0 Å². The Bertz CT molecular complexity index is 485. The van der Waals surface area contributed by atoms with Gasteiger partial charge in [-0.05, 0) is 49.9 Å². The third-order valence-corrected chi connectivity index (χ3v) is 3.72. The molecule has 0 saturated carbocycles. The molecule has 1 unspecified atom stereocenters. The molecule has 19 heavy (non-hydrogen) atoms. The zero-order chi connectivity index (χ0) is 13.8. The molecule has 0 bridgehead atoms. The summed E-state index contributed by atoms with van der Waals surface area (Å²) < 4.78 is 0. The second-order valence-corrected chi connectivity index (χ2v) is 4.98. The third kappa shape index (κ3) is 2.78. The third-order valence-electron chi connectivity index (χ3n) is 3.72. The Morgan fingerprint density at radius 1 is 1.42 bits per heavy atom. The molecule has 102 valence electrons. The molecule has 1 fully saturated rings. The summed E-state index contributed by atoms with van der Waals surface area (Å²) >= 11 is 0. The number of carbonyl (C=O) groups is 2. The standard InChI is InChI=1S/C15H20N2O2/c1-11-9-12(10-18)6-7-13(11)17-8-4-3-5-14(17)15(19)16-2/h6-7,9-10,14H,3-5,8H2,1-2H3,(H,16,19). The number of likely N-dealkylation sites (N-methyl/N-ethyl adjacent to an activating group) is 1. The fourth-order valence-electron chi connectivity index (χ4n) is 2.73.